The van der Waals surface area contributed by atoms with E-state index in [9.17, 15) is 0 Å². The second kappa shape index (κ2) is 8.67. The molecule has 1 aromatic rings. The average molecular weight is 320 g/mol. The fourth-order valence-corrected chi connectivity index (χ4v) is 2.64. The third kappa shape index (κ3) is 4.79. The van der Waals surface area contributed by atoms with Gasteiger partial charge in [-0.1, -0.05) is 6.08 Å². The molecule has 1 aromatic heterocycles. The smallest absolute Gasteiger partial charge is 0.194 e. The fourth-order valence-electron chi connectivity index (χ4n) is 2.64. The number of piperidine rings is 1. The fraction of sp³-hybridized carbons (Fsp3) is 0.688. The molecule has 0 unspecified atom stereocenters. The highest BCUT2D eigenvalue weighted by Gasteiger charge is 2.21. The van der Waals surface area contributed by atoms with Crippen molar-refractivity contribution >= 4 is 5.96 Å². The first kappa shape index (κ1) is 17.5. The maximum absolute atomic E-state index is 5.72. The van der Waals surface area contributed by atoms with Crippen molar-refractivity contribution in [3.05, 3.63) is 24.3 Å². The predicted octanol–water partition coefficient (Wildman–Crippen LogP) is 1.26. The van der Waals surface area contributed by atoms with E-state index in [-0.39, 0.29) is 0 Å². The molecule has 7 heteroatoms. The second-order valence-electron chi connectivity index (χ2n) is 5.67. The number of aryl methyl sites for hydroxylation is 1. The van der Waals surface area contributed by atoms with E-state index in [2.05, 4.69) is 27.0 Å². The molecule has 0 atom stereocenters. The van der Waals surface area contributed by atoms with Gasteiger partial charge < -0.3 is 19.5 Å². The second-order valence-corrected chi connectivity index (χ2v) is 5.67. The molecule has 0 amide bonds. The molecular formula is C16H28N6O. The Hall–Kier alpha value is -1.89. The van der Waals surface area contributed by atoms with Crippen LogP contribution in [0.1, 0.15) is 31.4 Å². The molecule has 1 N–H and O–H groups in total. The first-order valence-electron chi connectivity index (χ1n) is 8.26. The zero-order valence-electron chi connectivity index (χ0n) is 14.5. The third-order valence-electron chi connectivity index (χ3n) is 4.10. The van der Waals surface area contributed by atoms with Crippen LogP contribution in [0.5, 0.6) is 0 Å². The molecule has 1 aliphatic heterocycles. The van der Waals surface area contributed by atoms with E-state index in [4.69, 9.17) is 9.73 Å². The van der Waals surface area contributed by atoms with Crippen LogP contribution in [0.15, 0.2) is 17.6 Å². The van der Waals surface area contributed by atoms with Crippen molar-refractivity contribution in [2.24, 2.45) is 12.0 Å². The van der Waals surface area contributed by atoms with Crippen molar-refractivity contribution in [3.63, 3.8) is 0 Å². The van der Waals surface area contributed by atoms with Crippen LogP contribution >= 0.6 is 0 Å². The Bertz CT molecular complexity index is 531. The minimum Gasteiger partial charge on any atom is -0.378 e. The Morgan fingerprint density at radius 2 is 2.17 bits per heavy atom. The van der Waals surface area contributed by atoms with Gasteiger partial charge in [0.05, 0.1) is 6.10 Å². The van der Waals surface area contributed by atoms with Gasteiger partial charge in [0.2, 0.25) is 0 Å². The normalized spacial score (nSPS) is 16.7. The van der Waals surface area contributed by atoms with Crippen LogP contribution in [-0.2, 0) is 18.3 Å². The number of ether oxygens (including phenoxy) is 1. The van der Waals surface area contributed by atoms with Crippen molar-refractivity contribution < 1.29 is 4.74 Å². The standard InChI is InChI=1S/C16H28N6O/c1-5-9-17-16(18-12-15-20-19-13(3)21(15)4)22-10-7-14(8-11-22)23-6-2/h5,14H,1,6-12H2,2-4H3,(H,17,18). The first-order chi connectivity index (χ1) is 11.2. The Balaban J connectivity index is 2.00. The summed E-state index contributed by atoms with van der Waals surface area (Å²) in [5.41, 5.74) is 0. The van der Waals surface area contributed by atoms with Gasteiger partial charge in [0.15, 0.2) is 11.8 Å². The molecule has 1 fully saturated rings. The lowest BCUT2D eigenvalue weighted by molar-refractivity contribution is 0.0264. The molecule has 23 heavy (non-hydrogen) atoms. The van der Waals surface area contributed by atoms with E-state index in [0.717, 1.165) is 50.1 Å². The number of nitrogens with zero attached hydrogens (tertiary/aromatic N) is 5. The summed E-state index contributed by atoms with van der Waals surface area (Å²) in [6.45, 7) is 11.7. The lowest BCUT2D eigenvalue weighted by Gasteiger charge is -2.34. The number of rotatable bonds is 6. The molecule has 2 rings (SSSR count). The van der Waals surface area contributed by atoms with E-state index in [1.165, 1.54) is 0 Å². The zero-order chi connectivity index (χ0) is 16.7. The van der Waals surface area contributed by atoms with Crippen LogP contribution in [0.3, 0.4) is 0 Å². The average Bonchev–Trinajstić information content (AvgIpc) is 2.88. The van der Waals surface area contributed by atoms with E-state index in [0.29, 0.717) is 19.2 Å². The SMILES string of the molecule is C=CCNC(=NCc1nnc(C)n1C)N1CCC(OCC)CC1. The Labute approximate surface area is 138 Å². The van der Waals surface area contributed by atoms with Gasteiger partial charge in [-0.2, -0.15) is 0 Å². The summed E-state index contributed by atoms with van der Waals surface area (Å²) in [6.07, 6.45) is 4.28. The van der Waals surface area contributed by atoms with Crippen LogP contribution < -0.4 is 5.32 Å². The van der Waals surface area contributed by atoms with Gasteiger partial charge in [-0.3, -0.25) is 0 Å². The van der Waals surface area contributed by atoms with E-state index in [1.54, 1.807) is 0 Å². The summed E-state index contributed by atoms with van der Waals surface area (Å²) in [4.78, 5) is 7.00. The highest BCUT2D eigenvalue weighted by Crippen LogP contribution is 2.14. The monoisotopic (exact) mass is 320 g/mol. The van der Waals surface area contributed by atoms with Gasteiger partial charge >= 0.3 is 0 Å². The first-order valence-corrected chi connectivity index (χ1v) is 8.26. The van der Waals surface area contributed by atoms with Crippen LogP contribution in [0.25, 0.3) is 0 Å². The Kier molecular flexibility index (Phi) is 6.58. The maximum atomic E-state index is 5.72. The summed E-state index contributed by atoms with van der Waals surface area (Å²) in [5, 5.41) is 11.6. The quantitative estimate of drug-likeness (QED) is 0.485. The minimum atomic E-state index is 0.373. The van der Waals surface area contributed by atoms with E-state index >= 15 is 0 Å². The van der Waals surface area contributed by atoms with Gasteiger partial charge in [-0.05, 0) is 26.7 Å². The van der Waals surface area contributed by atoms with E-state index in [1.807, 2.05) is 31.5 Å². The summed E-state index contributed by atoms with van der Waals surface area (Å²) >= 11 is 0. The molecule has 2 heterocycles. The molecule has 1 saturated heterocycles. The van der Waals surface area contributed by atoms with Gasteiger partial charge in [-0.15, -0.1) is 16.8 Å². The van der Waals surface area contributed by atoms with Crippen LogP contribution in [-0.4, -0.2) is 58.0 Å². The molecular weight excluding hydrogens is 292 g/mol. The molecule has 0 spiro atoms. The predicted molar refractivity (Wildman–Crippen MR) is 91.3 cm³/mol. The van der Waals surface area contributed by atoms with Gasteiger partial charge in [-0.25, -0.2) is 4.99 Å². The Morgan fingerprint density at radius 1 is 1.43 bits per heavy atom. The minimum absolute atomic E-state index is 0.373. The largest absolute Gasteiger partial charge is 0.378 e. The summed E-state index contributed by atoms with van der Waals surface area (Å²) in [5.74, 6) is 2.67. The van der Waals surface area contributed by atoms with Crippen molar-refractivity contribution in [1.82, 2.24) is 25.0 Å². The van der Waals surface area contributed by atoms with Crippen molar-refractivity contribution in [2.45, 2.75) is 39.3 Å². The van der Waals surface area contributed by atoms with Crippen molar-refractivity contribution in [2.75, 3.05) is 26.2 Å². The molecule has 0 saturated carbocycles. The molecule has 0 radical (unpaired) electrons. The van der Waals surface area contributed by atoms with Gasteiger partial charge in [0.25, 0.3) is 0 Å². The van der Waals surface area contributed by atoms with Gasteiger partial charge in [0.1, 0.15) is 12.4 Å². The molecule has 0 aliphatic carbocycles. The Morgan fingerprint density at radius 3 is 2.74 bits per heavy atom. The van der Waals surface area contributed by atoms with Crippen molar-refractivity contribution in [1.29, 1.82) is 0 Å². The third-order valence-corrected chi connectivity index (χ3v) is 4.10. The van der Waals surface area contributed by atoms with Crippen LogP contribution in [0.4, 0.5) is 0 Å². The molecule has 1 aliphatic rings. The molecule has 7 nitrogen and oxygen atoms in total. The highest BCUT2D eigenvalue weighted by atomic mass is 16.5. The highest BCUT2D eigenvalue weighted by molar-refractivity contribution is 5.80. The number of hydrogen-bond acceptors (Lipinski definition) is 4. The maximum Gasteiger partial charge on any atom is 0.194 e. The number of likely N-dealkylation sites (tertiary alicyclic amines) is 1. The number of nitrogens with one attached hydrogen (secondary N) is 1. The number of hydrogen-bond donors (Lipinski definition) is 1. The summed E-state index contributed by atoms with van der Waals surface area (Å²) in [7, 11) is 1.96. The number of aromatic nitrogens is 3. The lowest BCUT2D eigenvalue weighted by atomic mass is 10.1. The topological polar surface area (TPSA) is 67.6 Å². The van der Waals surface area contributed by atoms with Crippen LogP contribution in [0, 0.1) is 6.92 Å². The summed E-state index contributed by atoms with van der Waals surface area (Å²) in [6, 6.07) is 0. The van der Waals surface area contributed by atoms with Crippen molar-refractivity contribution in [3.8, 4) is 0 Å². The number of guanidine groups is 1. The number of aliphatic imine (C=N–C) groups is 1. The molecule has 128 valence electrons. The lowest BCUT2D eigenvalue weighted by Crippen LogP contribution is -2.47. The summed E-state index contributed by atoms with van der Waals surface area (Å²) < 4.78 is 7.68. The molecule has 0 bridgehead atoms. The van der Waals surface area contributed by atoms with E-state index < -0.39 is 0 Å². The zero-order valence-corrected chi connectivity index (χ0v) is 14.5. The van der Waals surface area contributed by atoms with Crippen LogP contribution in [0.2, 0.25) is 0 Å². The van der Waals surface area contributed by atoms with Gasteiger partial charge in [0, 0.05) is 33.3 Å². The molecule has 0 aromatic carbocycles.